The van der Waals surface area contributed by atoms with Gasteiger partial charge in [-0.1, -0.05) is 6.07 Å². The van der Waals surface area contributed by atoms with Gasteiger partial charge in [0.15, 0.2) is 11.3 Å². The maximum Gasteiger partial charge on any atom is 0.433 e. The van der Waals surface area contributed by atoms with Gasteiger partial charge >= 0.3 is 6.18 Å². The standard InChI is InChI=1S/C18H17F3N4OS/c1-11-5-2-3-7-24(11)17(26)12-10-22-25-15(18(19,20)21)9-13(23-16(12)25)14-6-4-8-27-14/h4,6,8-11H,2-3,5,7H2,1H3. The fourth-order valence-electron chi connectivity index (χ4n) is 3.42. The Morgan fingerprint density at radius 2 is 2.15 bits per heavy atom. The van der Waals surface area contributed by atoms with Crippen LogP contribution >= 0.6 is 11.3 Å². The van der Waals surface area contributed by atoms with E-state index in [0.717, 1.165) is 29.8 Å². The Bertz CT molecular complexity index is 981. The first-order valence-electron chi connectivity index (χ1n) is 8.67. The van der Waals surface area contributed by atoms with Gasteiger partial charge in [0, 0.05) is 12.6 Å². The second-order valence-electron chi connectivity index (χ2n) is 6.64. The number of alkyl halides is 3. The van der Waals surface area contributed by atoms with Crippen LogP contribution < -0.4 is 0 Å². The second kappa shape index (κ2) is 6.63. The number of carbonyl (C=O) groups excluding carboxylic acids is 1. The maximum absolute atomic E-state index is 13.6. The number of piperidine rings is 1. The molecule has 0 N–H and O–H groups in total. The maximum atomic E-state index is 13.6. The molecule has 0 spiro atoms. The highest BCUT2D eigenvalue weighted by Crippen LogP contribution is 2.34. The van der Waals surface area contributed by atoms with Gasteiger partial charge in [0.25, 0.3) is 5.91 Å². The Hall–Kier alpha value is -2.42. The largest absolute Gasteiger partial charge is 0.433 e. The molecule has 0 aromatic carbocycles. The van der Waals surface area contributed by atoms with Crippen molar-refractivity contribution in [2.75, 3.05) is 6.54 Å². The van der Waals surface area contributed by atoms with E-state index in [-0.39, 0.29) is 28.9 Å². The van der Waals surface area contributed by atoms with Gasteiger partial charge in [-0.05, 0) is 43.7 Å². The van der Waals surface area contributed by atoms with Gasteiger partial charge in [-0.2, -0.15) is 18.3 Å². The van der Waals surface area contributed by atoms with Gasteiger partial charge in [0.2, 0.25) is 0 Å². The number of fused-ring (bicyclic) bond motifs is 1. The zero-order chi connectivity index (χ0) is 19.2. The van der Waals surface area contributed by atoms with E-state index in [9.17, 15) is 18.0 Å². The number of halogens is 3. The molecule has 0 aliphatic carbocycles. The van der Waals surface area contributed by atoms with Crippen molar-refractivity contribution >= 4 is 22.9 Å². The number of hydrogen-bond donors (Lipinski definition) is 0. The highest BCUT2D eigenvalue weighted by atomic mass is 32.1. The zero-order valence-electron chi connectivity index (χ0n) is 14.5. The number of likely N-dealkylation sites (tertiary alicyclic amines) is 1. The number of nitrogens with zero attached hydrogens (tertiary/aromatic N) is 4. The normalized spacial score (nSPS) is 18.2. The summed E-state index contributed by atoms with van der Waals surface area (Å²) in [6.45, 7) is 2.54. The van der Waals surface area contributed by atoms with Crippen LogP contribution in [0.15, 0.2) is 29.8 Å². The molecule has 4 rings (SSSR count). The van der Waals surface area contributed by atoms with Crippen LogP contribution in [-0.2, 0) is 6.18 Å². The molecule has 0 bridgehead atoms. The summed E-state index contributed by atoms with van der Waals surface area (Å²) in [4.78, 5) is 19.7. The van der Waals surface area contributed by atoms with E-state index < -0.39 is 11.9 Å². The number of carbonyl (C=O) groups is 1. The molecule has 4 heterocycles. The third kappa shape index (κ3) is 3.20. The minimum atomic E-state index is -4.61. The molecule has 9 heteroatoms. The van der Waals surface area contributed by atoms with Crippen LogP contribution in [0.2, 0.25) is 0 Å². The van der Waals surface area contributed by atoms with Gasteiger partial charge < -0.3 is 4.90 Å². The van der Waals surface area contributed by atoms with Crippen molar-refractivity contribution in [2.45, 2.75) is 38.4 Å². The van der Waals surface area contributed by atoms with Gasteiger partial charge in [-0.25, -0.2) is 9.50 Å². The Morgan fingerprint density at radius 1 is 1.33 bits per heavy atom. The Kier molecular flexibility index (Phi) is 4.41. The van der Waals surface area contributed by atoms with E-state index in [1.165, 1.54) is 17.5 Å². The Labute approximate surface area is 157 Å². The molecule has 3 aromatic rings. The molecule has 1 amide bonds. The molecular formula is C18H17F3N4OS. The topological polar surface area (TPSA) is 50.5 Å². The first-order chi connectivity index (χ1) is 12.9. The number of hydrogen-bond acceptors (Lipinski definition) is 4. The lowest BCUT2D eigenvalue weighted by atomic mass is 10.0. The predicted molar refractivity (Wildman–Crippen MR) is 95.7 cm³/mol. The van der Waals surface area contributed by atoms with E-state index in [1.54, 1.807) is 22.4 Å². The van der Waals surface area contributed by atoms with Crippen molar-refractivity contribution in [1.82, 2.24) is 19.5 Å². The highest BCUT2D eigenvalue weighted by molar-refractivity contribution is 7.13. The summed E-state index contributed by atoms with van der Waals surface area (Å²) in [7, 11) is 0. The molecular weight excluding hydrogens is 377 g/mol. The van der Waals surface area contributed by atoms with E-state index in [2.05, 4.69) is 10.1 Å². The molecule has 0 radical (unpaired) electrons. The number of rotatable bonds is 2. The van der Waals surface area contributed by atoms with Crippen LogP contribution in [0.25, 0.3) is 16.2 Å². The molecule has 142 valence electrons. The third-order valence-corrected chi connectivity index (χ3v) is 5.72. The second-order valence-corrected chi connectivity index (χ2v) is 7.59. The average Bonchev–Trinajstić information content (AvgIpc) is 3.29. The molecule has 1 saturated heterocycles. The van der Waals surface area contributed by atoms with Crippen molar-refractivity contribution in [3.8, 4) is 10.6 Å². The van der Waals surface area contributed by atoms with Crippen LogP contribution in [0.5, 0.6) is 0 Å². The molecule has 1 aliphatic heterocycles. The van der Waals surface area contributed by atoms with E-state index in [0.29, 0.717) is 11.4 Å². The summed E-state index contributed by atoms with van der Waals surface area (Å²) < 4.78 is 41.5. The van der Waals surface area contributed by atoms with Crippen molar-refractivity contribution in [2.24, 2.45) is 0 Å². The summed E-state index contributed by atoms with van der Waals surface area (Å²) >= 11 is 1.29. The molecule has 1 unspecified atom stereocenters. The number of aromatic nitrogens is 3. The third-order valence-electron chi connectivity index (χ3n) is 4.83. The predicted octanol–water partition coefficient (Wildman–Crippen LogP) is 4.49. The quantitative estimate of drug-likeness (QED) is 0.643. The monoisotopic (exact) mass is 394 g/mol. The fraction of sp³-hybridized carbons (Fsp3) is 0.389. The smallest absolute Gasteiger partial charge is 0.336 e. The molecule has 5 nitrogen and oxygen atoms in total. The van der Waals surface area contributed by atoms with Gasteiger partial charge in [-0.3, -0.25) is 4.79 Å². The zero-order valence-corrected chi connectivity index (χ0v) is 15.3. The first kappa shape index (κ1) is 18.0. The highest BCUT2D eigenvalue weighted by Gasteiger charge is 2.37. The lowest BCUT2D eigenvalue weighted by molar-refractivity contribution is -0.142. The summed E-state index contributed by atoms with van der Waals surface area (Å²) in [6.07, 6.45) is -0.611. The van der Waals surface area contributed by atoms with Gasteiger partial charge in [0.1, 0.15) is 5.56 Å². The average molecular weight is 394 g/mol. The van der Waals surface area contributed by atoms with Crippen LogP contribution in [0, 0.1) is 0 Å². The minimum absolute atomic E-state index is 0.0452. The van der Waals surface area contributed by atoms with Crippen molar-refractivity contribution in [1.29, 1.82) is 0 Å². The molecule has 0 saturated carbocycles. The van der Waals surface area contributed by atoms with E-state index in [4.69, 9.17) is 0 Å². The summed E-state index contributed by atoms with van der Waals surface area (Å²) in [5.41, 5.74) is -0.712. The first-order valence-corrected chi connectivity index (χ1v) is 9.55. The van der Waals surface area contributed by atoms with Gasteiger partial charge in [-0.15, -0.1) is 11.3 Å². The SMILES string of the molecule is CC1CCCCN1C(=O)c1cnn2c(C(F)(F)F)cc(-c3cccs3)nc12. The van der Waals surface area contributed by atoms with Crippen LogP contribution in [-0.4, -0.2) is 38.0 Å². The van der Waals surface area contributed by atoms with E-state index in [1.807, 2.05) is 6.92 Å². The molecule has 3 aromatic heterocycles. The van der Waals surface area contributed by atoms with E-state index >= 15 is 0 Å². The van der Waals surface area contributed by atoms with Crippen LogP contribution in [0.4, 0.5) is 13.2 Å². The number of amides is 1. The molecule has 1 fully saturated rings. The van der Waals surface area contributed by atoms with Crippen LogP contribution in [0.1, 0.15) is 42.2 Å². The molecule has 1 atom stereocenters. The van der Waals surface area contributed by atoms with Crippen molar-refractivity contribution in [3.05, 3.63) is 41.0 Å². The fourth-order valence-corrected chi connectivity index (χ4v) is 4.11. The van der Waals surface area contributed by atoms with Gasteiger partial charge in [0.05, 0.1) is 16.8 Å². The summed E-state index contributed by atoms with van der Waals surface area (Å²) in [6, 6.07) is 4.47. The van der Waals surface area contributed by atoms with Crippen molar-refractivity contribution < 1.29 is 18.0 Å². The summed E-state index contributed by atoms with van der Waals surface area (Å²) in [5, 5.41) is 5.61. The minimum Gasteiger partial charge on any atom is -0.336 e. The lowest BCUT2D eigenvalue weighted by Crippen LogP contribution is -2.42. The Morgan fingerprint density at radius 3 is 2.81 bits per heavy atom. The molecule has 27 heavy (non-hydrogen) atoms. The lowest BCUT2D eigenvalue weighted by Gasteiger charge is -2.33. The van der Waals surface area contributed by atoms with Crippen LogP contribution in [0.3, 0.4) is 0 Å². The molecule has 1 aliphatic rings. The Balaban J connectivity index is 1.88. The number of thiophene rings is 1. The van der Waals surface area contributed by atoms with Crippen molar-refractivity contribution in [3.63, 3.8) is 0 Å². The summed E-state index contributed by atoms with van der Waals surface area (Å²) in [5.74, 6) is -0.318.